The zero-order chi connectivity index (χ0) is 27.4. The first kappa shape index (κ1) is 25.8. The largest absolute Gasteiger partial charge is 0.466 e. The van der Waals surface area contributed by atoms with Gasteiger partial charge in [0.25, 0.3) is 0 Å². The highest BCUT2D eigenvalue weighted by Crippen LogP contribution is 2.41. The molecule has 4 aromatic rings. The van der Waals surface area contributed by atoms with E-state index in [2.05, 4.69) is 27.4 Å². The summed E-state index contributed by atoms with van der Waals surface area (Å²) in [6, 6.07) is 15.9. The number of benzene rings is 2. The Labute approximate surface area is 226 Å². The lowest BCUT2D eigenvalue weighted by atomic mass is 9.80. The number of hydrogen-bond acceptors (Lipinski definition) is 6. The Kier molecular flexibility index (Phi) is 7.45. The summed E-state index contributed by atoms with van der Waals surface area (Å²) in [5, 5.41) is 4.10. The van der Waals surface area contributed by atoms with Crippen molar-refractivity contribution in [3.63, 3.8) is 0 Å². The van der Waals surface area contributed by atoms with Gasteiger partial charge in [0.15, 0.2) is 0 Å². The van der Waals surface area contributed by atoms with Crippen molar-refractivity contribution in [2.24, 2.45) is 0 Å². The summed E-state index contributed by atoms with van der Waals surface area (Å²) in [6.45, 7) is 4.47. The van der Waals surface area contributed by atoms with Crippen molar-refractivity contribution in [2.75, 3.05) is 13.7 Å². The second-order valence-electron chi connectivity index (χ2n) is 9.39. The van der Waals surface area contributed by atoms with E-state index in [1.54, 1.807) is 18.6 Å². The molecule has 5 rings (SSSR count). The van der Waals surface area contributed by atoms with Gasteiger partial charge in [0.1, 0.15) is 6.61 Å². The highest BCUT2D eigenvalue weighted by molar-refractivity contribution is 6.01. The number of dihydropyridines is 1. The van der Waals surface area contributed by atoms with Crippen molar-refractivity contribution in [3.05, 3.63) is 119 Å². The van der Waals surface area contributed by atoms with Crippen molar-refractivity contribution in [3.8, 4) is 0 Å². The molecule has 39 heavy (non-hydrogen) atoms. The number of carbonyl (C=O) groups excluding carboxylic acids is 2. The molecule has 1 atom stereocenters. The molecule has 3 heterocycles. The van der Waals surface area contributed by atoms with Gasteiger partial charge in [-0.15, -0.1) is 0 Å². The molecule has 0 saturated carbocycles. The molecule has 8 nitrogen and oxygen atoms in total. The van der Waals surface area contributed by atoms with Gasteiger partial charge in [0, 0.05) is 47.4 Å². The van der Waals surface area contributed by atoms with E-state index in [0.29, 0.717) is 22.5 Å². The molecule has 2 aromatic carbocycles. The monoisotopic (exact) mass is 522 g/mol. The van der Waals surface area contributed by atoms with Gasteiger partial charge in [-0.05, 0) is 42.7 Å². The van der Waals surface area contributed by atoms with Crippen LogP contribution in [-0.2, 0) is 25.6 Å². The molecule has 0 spiro atoms. The second-order valence-corrected chi connectivity index (χ2v) is 9.39. The number of ether oxygens (including phenoxy) is 2. The molecular weight excluding hydrogens is 492 g/mol. The lowest BCUT2D eigenvalue weighted by Gasteiger charge is -2.29. The number of aromatic amines is 1. The summed E-state index contributed by atoms with van der Waals surface area (Å²) in [6.07, 6.45) is 11.0. The number of rotatable bonds is 8. The van der Waals surface area contributed by atoms with Crippen LogP contribution in [0.3, 0.4) is 0 Å². The smallest absolute Gasteiger partial charge is 0.337 e. The SMILES string of the molecule is COC(=O)C1=C(C)NC(C)=C(C(=O)OCC=Cc2ccc(Cn3ccnc3)cc2)C1c1c[nH]c2ccccc12. The number of nitrogens with zero attached hydrogens (tertiary/aromatic N) is 2. The first-order valence-corrected chi connectivity index (χ1v) is 12.7. The van der Waals surface area contributed by atoms with Crippen molar-refractivity contribution in [1.82, 2.24) is 19.9 Å². The number of methoxy groups -OCH3 is 1. The molecule has 0 radical (unpaired) electrons. The molecule has 0 bridgehead atoms. The fourth-order valence-electron chi connectivity index (χ4n) is 5.00. The molecule has 2 aromatic heterocycles. The maximum Gasteiger partial charge on any atom is 0.337 e. The number of hydrogen-bond donors (Lipinski definition) is 2. The molecule has 0 aliphatic carbocycles. The van der Waals surface area contributed by atoms with E-state index in [4.69, 9.17) is 9.47 Å². The minimum Gasteiger partial charge on any atom is -0.466 e. The molecule has 1 aliphatic heterocycles. The fraction of sp³-hybridized carbons (Fsp3) is 0.194. The van der Waals surface area contributed by atoms with Crippen molar-refractivity contribution in [2.45, 2.75) is 26.3 Å². The number of esters is 2. The molecule has 8 heteroatoms. The van der Waals surface area contributed by atoms with Crippen LogP contribution >= 0.6 is 0 Å². The van der Waals surface area contributed by atoms with Crippen LogP contribution in [-0.4, -0.2) is 40.2 Å². The summed E-state index contributed by atoms with van der Waals surface area (Å²) in [5.74, 6) is -1.64. The molecule has 1 aliphatic rings. The van der Waals surface area contributed by atoms with Gasteiger partial charge < -0.3 is 24.3 Å². The maximum absolute atomic E-state index is 13.5. The number of H-pyrrole nitrogens is 1. The van der Waals surface area contributed by atoms with Gasteiger partial charge in [-0.3, -0.25) is 0 Å². The standard InChI is InChI=1S/C31H30N4O4/c1-20-27(30(36)38-3)29(25-17-33-26-9-5-4-8-24(25)26)28(21(2)34-20)31(37)39-16-6-7-22-10-12-23(13-11-22)18-35-15-14-32-19-35/h4-15,17,19,29,33-34H,16,18H2,1-3H3. The van der Waals surface area contributed by atoms with Crippen molar-refractivity contribution >= 4 is 28.9 Å². The lowest BCUT2D eigenvalue weighted by molar-refractivity contribution is -0.138. The molecule has 2 N–H and O–H groups in total. The summed E-state index contributed by atoms with van der Waals surface area (Å²) < 4.78 is 12.8. The molecule has 0 amide bonds. The molecule has 198 valence electrons. The average molecular weight is 523 g/mol. The molecule has 1 unspecified atom stereocenters. The third-order valence-corrected chi connectivity index (χ3v) is 6.84. The Morgan fingerprint density at radius 2 is 1.77 bits per heavy atom. The zero-order valence-corrected chi connectivity index (χ0v) is 22.1. The van der Waals surface area contributed by atoms with E-state index in [9.17, 15) is 9.59 Å². The van der Waals surface area contributed by atoms with Crippen molar-refractivity contribution in [1.29, 1.82) is 0 Å². The van der Waals surface area contributed by atoms with Gasteiger partial charge in [-0.25, -0.2) is 14.6 Å². The van der Waals surface area contributed by atoms with Crippen LogP contribution < -0.4 is 5.32 Å². The van der Waals surface area contributed by atoms with Crippen LogP contribution in [0.4, 0.5) is 0 Å². The zero-order valence-electron chi connectivity index (χ0n) is 22.1. The number of para-hydroxylation sites is 1. The molecule has 0 fully saturated rings. The predicted molar refractivity (Wildman–Crippen MR) is 149 cm³/mol. The first-order chi connectivity index (χ1) is 19.0. The maximum atomic E-state index is 13.5. The third kappa shape index (κ3) is 5.40. The Bertz CT molecular complexity index is 1590. The van der Waals surface area contributed by atoms with Crippen molar-refractivity contribution < 1.29 is 19.1 Å². The topological polar surface area (TPSA) is 98.2 Å². The first-order valence-electron chi connectivity index (χ1n) is 12.7. The molecule has 0 saturated heterocycles. The van der Waals surface area contributed by atoms with Crippen LogP contribution in [0.1, 0.15) is 36.5 Å². The van der Waals surface area contributed by atoms with Crippen LogP contribution in [0.2, 0.25) is 0 Å². The van der Waals surface area contributed by atoms with E-state index >= 15 is 0 Å². The third-order valence-electron chi connectivity index (χ3n) is 6.84. The summed E-state index contributed by atoms with van der Waals surface area (Å²) in [7, 11) is 1.34. The van der Waals surface area contributed by atoms with Crippen LogP contribution in [0.25, 0.3) is 17.0 Å². The second kappa shape index (κ2) is 11.3. The van der Waals surface area contributed by atoms with Gasteiger partial charge in [0.2, 0.25) is 0 Å². The molecular formula is C31H30N4O4. The fourth-order valence-corrected chi connectivity index (χ4v) is 5.00. The quantitative estimate of drug-likeness (QED) is 0.313. The van der Waals surface area contributed by atoms with Gasteiger partial charge in [0.05, 0.1) is 30.5 Å². The summed E-state index contributed by atoms with van der Waals surface area (Å²) in [5.41, 5.74) is 5.92. The summed E-state index contributed by atoms with van der Waals surface area (Å²) >= 11 is 0. The number of allylic oxidation sites excluding steroid dienone is 2. The Morgan fingerprint density at radius 1 is 1.03 bits per heavy atom. The van der Waals surface area contributed by atoms with E-state index < -0.39 is 17.9 Å². The van der Waals surface area contributed by atoms with Crippen LogP contribution in [0, 0.1) is 0 Å². The van der Waals surface area contributed by atoms with Crippen LogP contribution in [0.15, 0.2) is 102 Å². The van der Waals surface area contributed by atoms with E-state index in [-0.39, 0.29) is 6.61 Å². The average Bonchev–Trinajstić information content (AvgIpc) is 3.61. The van der Waals surface area contributed by atoms with Crippen LogP contribution in [0.5, 0.6) is 0 Å². The number of aromatic nitrogens is 3. The van der Waals surface area contributed by atoms with E-state index in [1.165, 1.54) is 7.11 Å². The lowest BCUT2D eigenvalue weighted by Crippen LogP contribution is -2.32. The predicted octanol–water partition coefficient (Wildman–Crippen LogP) is 5.08. The Morgan fingerprint density at radius 3 is 2.49 bits per heavy atom. The Balaban J connectivity index is 1.34. The van der Waals surface area contributed by atoms with Gasteiger partial charge in [-0.1, -0.05) is 48.5 Å². The normalized spacial score (nSPS) is 15.6. The Hall–Kier alpha value is -4.85. The minimum atomic E-state index is -0.644. The van der Waals surface area contributed by atoms with E-state index in [0.717, 1.165) is 34.1 Å². The number of fused-ring (bicyclic) bond motifs is 1. The highest BCUT2D eigenvalue weighted by Gasteiger charge is 2.38. The minimum absolute atomic E-state index is 0.0866. The highest BCUT2D eigenvalue weighted by atomic mass is 16.5. The number of carbonyl (C=O) groups is 2. The van der Waals surface area contributed by atoms with Gasteiger partial charge in [-0.2, -0.15) is 0 Å². The number of imidazole rings is 1. The number of nitrogens with one attached hydrogen (secondary N) is 2. The van der Waals surface area contributed by atoms with E-state index in [1.807, 2.05) is 73.3 Å². The summed E-state index contributed by atoms with van der Waals surface area (Å²) in [4.78, 5) is 33.7. The van der Waals surface area contributed by atoms with Gasteiger partial charge >= 0.3 is 11.9 Å².